The van der Waals surface area contributed by atoms with E-state index >= 15 is 0 Å². The molecule has 0 aliphatic carbocycles. The number of methoxy groups -OCH3 is 1. The number of aryl methyl sites for hydroxylation is 1. The van der Waals surface area contributed by atoms with E-state index in [4.69, 9.17) is 0 Å². The fourth-order valence-corrected chi connectivity index (χ4v) is 3.23. The van der Waals surface area contributed by atoms with Crippen molar-refractivity contribution in [3.63, 3.8) is 0 Å². The molecule has 0 amide bonds. The fraction of sp³-hybridized carbons (Fsp3) is 0.389. The minimum Gasteiger partial charge on any atom is -0.469 e. The van der Waals surface area contributed by atoms with Crippen LogP contribution in [0.25, 0.3) is 10.4 Å². The molecule has 1 atom stereocenters. The normalized spacial score (nSPS) is 12.1. The zero-order valence-corrected chi connectivity index (χ0v) is 13.9. The molecule has 118 valence electrons. The monoisotopic (exact) mass is 318 g/mol. The standard InChI is InChI=1S/C18H22O3S/c1-13-11-17(22-12-13)15-9-7-14(8-10-15)16(19)5-3-4-6-18(20)21-2/h7-12,16,19H,3-6H2,1-2H3/t16-/m1/s1. The Labute approximate surface area is 135 Å². The quantitative estimate of drug-likeness (QED) is 0.604. The van der Waals surface area contributed by atoms with Crippen LogP contribution in [-0.4, -0.2) is 18.2 Å². The Morgan fingerprint density at radius 1 is 1.27 bits per heavy atom. The van der Waals surface area contributed by atoms with Gasteiger partial charge in [0.05, 0.1) is 13.2 Å². The molecular weight excluding hydrogens is 296 g/mol. The van der Waals surface area contributed by atoms with Gasteiger partial charge in [-0.05, 0) is 54.3 Å². The number of aliphatic hydroxyl groups is 1. The van der Waals surface area contributed by atoms with Crippen molar-refractivity contribution in [3.8, 4) is 10.4 Å². The highest BCUT2D eigenvalue weighted by molar-refractivity contribution is 7.13. The molecule has 0 aliphatic rings. The topological polar surface area (TPSA) is 46.5 Å². The summed E-state index contributed by atoms with van der Waals surface area (Å²) in [6.07, 6.45) is 2.16. The number of benzene rings is 1. The maximum absolute atomic E-state index is 11.0. The number of hydrogen-bond acceptors (Lipinski definition) is 4. The van der Waals surface area contributed by atoms with Gasteiger partial charge in [-0.25, -0.2) is 0 Å². The van der Waals surface area contributed by atoms with Gasteiger partial charge in [-0.1, -0.05) is 24.3 Å². The third-order valence-corrected chi connectivity index (χ3v) is 4.74. The van der Waals surface area contributed by atoms with E-state index in [2.05, 4.69) is 35.2 Å². The summed E-state index contributed by atoms with van der Waals surface area (Å²) in [7, 11) is 1.40. The molecule has 0 saturated carbocycles. The minimum absolute atomic E-state index is 0.190. The number of unbranched alkanes of at least 4 members (excludes halogenated alkanes) is 1. The van der Waals surface area contributed by atoms with E-state index in [1.165, 1.54) is 23.1 Å². The number of esters is 1. The predicted molar refractivity (Wildman–Crippen MR) is 89.9 cm³/mol. The van der Waals surface area contributed by atoms with Crippen LogP contribution in [0.4, 0.5) is 0 Å². The highest BCUT2D eigenvalue weighted by Crippen LogP contribution is 2.28. The van der Waals surface area contributed by atoms with Crippen molar-refractivity contribution < 1.29 is 14.6 Å². The summed E-state index contributed by atoms with van der Waals surface area (Å²) >= 11 is 1.73. The summed E-state index contributed by atoms with van der Waals surface area (Å²) in [5, 5.41) is 12.3. The molecule has 1 aromatic carbocycles. The maximum atomic E-state index is 11.0. The van der Waals surface area contributed by atoms with Crippen LogP contribution >= 0.6 is 11.3 Å². The van der Waals surface area contributed by atoms with Gasteiger partial charge in [-0.15, -0.1) is 11.3 Å². The van der Waals surface area contributed by atoms with Gasteiger partial charge in [0.15, 0.2) is 0 Å². The van der Waals surface area contributed by atoms with Gasteiger partial charge >= 0.3 is 5.97 Å². The molecule has 0 spiro atoms. The van der Waals surface area contributed by atoms with Crippen LogP contribution in [0.1, 0.15) is 42.9 Å². The first kappa shape index (κ1) is 16.7. The lowest BCUT2D eigenvalue weighted by atomic mass is 10.0. The second kappa shape index (κ2) is 8.11. The van der Waals surface area contributed by atoms with E-state index in [9.17, 15) is 9.90 Å². The van der Waals surface area contributed by atoms with Crippen molar-refractivity contribution in [2.75, 3.05) is 7.11 Å². The van der Waals surface area contributed by atoms with Gasteiger partial charge in [0.1, 0.15) is 0 Å². The van der Waals surface area contributed by atoms with Gasteiger partial charge in [-0.3, -0.25) is 4.79 Å². The van der Waals surface area contributed by atoms with Crippen LogP contribution in [-0.2, 0) is 9.53 Å². The Morgan fingerprint density at radius 2 is 2.00 bits per heavy atom. The van der Waals surface area contributed by atoms with Gasteiger partial charge in [0.25, 0.3) is 0 Å². The van der Waals surface area contributed by atoms with Crippen LogP contribution < -0.4 is 0 Å². The predicted octanol–water partition coefficient (Wildman–Crippen LogP) is 4.49. The molecule has 22 heavy (non-hydrogen) atoms. The van der Waals surface area contributed by atoms with E-state index in [1.54, 1.807) is 11.3 Å². The maximum Gasteiger partial charge on any atom is 0.305 e. The second-order valence-corrected chi connectivity index (χ2v) is 6.36. The third kappa shape index (κ3) is 4.68. The number of hydrogen-bond donors (Lipinski definition) is 1. The molecule has 1 N–H and O–H groups in total. The number of thiophene rings is 1. The van der Waals surface area contributed by atoms with Gasteiger partial charge in [0, 0.05) is 11.3 Å². The van der Waals surface area contributed by atoms with Crippen molar-refractivity contribution >= 4 is 17.3 Å². The second-order valence-electron chi connectivity index (χ2n) is 5.45. The van der Waals surface area contributed by atoms with E-state index in [0.717, 1.165) is 18.4 Å². The third-order valence-electron chi connectivity index (χ3n) is 3.65. The summed E-state index contributed by atoms with van der Waals surface area (Å²) in [4.78, 5) is 12.3. The lowest BCUT2D eigenvalue weighted by Gasteiger charge is -2.11. The van der Waals surface area contributed by atoms with Gasteiger partial charge in [-0.2, -0.15) is 0 Å². The molecule has 2 aromatic rings. The first-order chi connectivity index (χ1) is 10.6. The first-order valence-corrected chi connectivity index (χ1v) is 8.38. The average Bonchev–Trinajstić information content (AvgIpc) is 2.97. The largest absolute Gasteiger partial charge is 0.469 e. The Kier molecular flexibility index (Phi) is 6.16. The fourth-order valence-electron chi connectivity index (χ4n) is 2.33. The summed E-state index contributed by atoms with van der Waals surface area (Å²) in [6, 6.07) is 10.2. The number of carbonyl (C=O) groups excluding carboxylic acids is 1. The minimum atomic E-state index is -0.475. The molecule has 1 heterocycles. The first-order valence-electron chi connectivity index (χ1n) is 7.50. The van der Waals surface area contributed by atoms with Crippen molar-refractivity contribution in [2.45, 2.75) is 38.7 Å². The van der Waals surface area contributed by atoms with Gasteiger partial charge < -0.3 is 9.84 Å². The summed E-state index contributed by atoms with van der Waals surface area (Å²) < 4.78 is 4.60. The number of rotatable bonds is 7. The molecule has 2 rings (SSSR count). The highest BCUT2D eigenvalue weighted by Gasteiger charge is 2.09. The number of carbonyl (C=O) groups is 1. The smallest absolute Gasteiger partial charge is 0.305 e. The molecule has 0 fully saturated rings. The van der Waals surface area contributed by atoms with Crippen LogP contribution in [0.2, 0.25) is 0 Å². The van der Waals surface area contributed by atoms with E-state index in [1.807, 2.05) is 12.1 Å². The number of aliphatic hydroxyl groups excluding tert-OH is 1. The molecular formula is C18H22O3S. The highest BCUT2D eigenvalue weighted by atomic mass is 32.1. The molecule has 0 unspecified atom stereocenters. The zero-order chi connectivity index (χ0) is 15.9. The van der Waals surface area contributed by atoms with Crippen molar-refractivity contribution in [3.05, 3.63) is 46.8 Å². The van der Waals surface area contributed by atoms with Crippen LogP contribution in [0.15, 0.2) is 35.7 Å². The molecule has 4 heteroatoms. The molecule has 0 bridgehead atoms. The van der Waals surface area contributed by atoms with E-state index < -0.39 is 6.10 Å². The molecule has 0 aliphatic heterocycles. The van der Waals surface area contributed by atoms with Crippen molar-refractivity contribution in [1.29, 1.82) is 0 Å². The SMILES string of the molecule is COC(=O)CCCC[C@@H](O)c1ccc(-c2cc(C)cs2)cc1. The van der Waals surface area contributed by atoms with E-state index in [-0.39, 0.29) is 5.97 Å². The van der Waals surface area contributed by atoms with Gasteiger partial charge in [0.2, 0.25) is 0 Å². The van der Waals surface area contributed by atoms with Crippen LogP contribution in [0.5, 0.6) is 0 Å². The average molecular weight is 318 g/mol. The molecule has 1 aromatic heterocycles. The Hall–Kier alpha value is -1.65. The lowest BCUT2D eigenvalue weighted by Crippen LogP contribution is -2.01. The lowest BCUT2D eigenvalue weighted by molar-refractivity contribution is -0.140. The number of ether oxygens (including phenoxy) is 1. The molecule has 0 radical (unpaired) electrons. The summed E-state index contributed by atoms with van der Waals surface area (Å²) in [6.45, 7) is 2.09. The van der Waals surface area contributed by atoms with Crippen LogP contribution in [0.3, 0.4) is 0 Å². The van der Waals surface area contributed by atoms with E-state index in [0.29, 0.717) is 12.8 Å². The van der Waals surface area contributed by atoms with Crippen LogP contribution in [0, 0.1) is 6.92 Å². The van der Waals surface area contributed by atoms with Crippen molar-refractivity contribution in [1.82, 2.24) is 0 Å². The molecule has 0 saturated heterocycles. The Morgan fingerprint density at radius 3 is 2.59 bits per heavy atom. The zero-order valence-electron chi connectivity index (χ0n) is 13.0. The van der Waals surface area contributed by atoms with Crippen molar-refractivity contribution in [2.24, 2.45) is 0 Å². The summed E-state index contributed by atoms with van der Waals surface area (Å²) in [5.41, 5.74) is 3.38. The molecule has 3 nitrogen and oxygen atoms in total. The Balaban J connectivity index is 1.86. The summed E-state index contributed by atoms with van der Waals surface area (Å²) in [5.74, 6) is -0.190. The Bertz CT molecular complexity index is 601.